The quantitative estimate of drug-likeness (QED) is 0.304. The zero-order chi connectivity index (χ0) is 22.9. The molecule has 3 rings (SSSR count). The number of hydrogen-bond acceptors (Lipinski definition) is 2. The molecule has 0 fully saturated rings. The predicted octanol–water partition coefficient (Wildman–Crippen LogP) is 8.15. The number of nitrogens with zero attached hydrogens (tertiary/aromatic N) is 2. The van der Waals surface area contributed by atoms with E-state index in [1.54, 1.807) is 0 Å². The van der Waals surface area contributed by atoms with Crippen molar-refractivity contribution in [3.8, 4) is 28.1 Å². The third-order valence-corrected chi connectivity index (χ3v) is 13.9. The molecular weight excluding hydrogens is 471 g/mol. The Morgan fingerprint density at radius 2 is 1.52 bits per heavy atom. The van der Waals surface area contributed by atoms with Crippen molar-refractivity contribution < 1.29 is 9.13 Å². The molecule has 0 unspecified atom stereocenters. The van der Waals surface area contributed by atoms with Crippen LogP contribution in [0.15, 0.2) is 53.4 Å². The van der Waals surface area contributed by atoms with Crippen molar-refractivity contribution in [3.05, 3.63) is 59.2 Å². The van der Waals surface area contributed by atoms with Crippen LogP contribution in [0.3, 0.4) is 0 Å². The monoisotopic (exact) mass is 502 g/mol. The van der Waals surface area contributed by atoms with E-state index in [-0.39, 0.29) is 11.6 Å². The van der Waals surface area contributed by atoms with Crippen LogP contribution in [0.5, 0.6) is 5.75 Å². The summed E-state index contributed by atoms with van der Waals surface area (Å²) in [5, 5.41) is 0. The van der Waals surface area contributed by atoms with E-state index in [0.717, 1.165) is 26.9 Å². The predicted molar refractivity (Wildman–Crippen MR) is 134 cm³/mol. The van der Waals surface area contributed by atoms with Crippen LogP contribution >= 0.6 is 15.9 Å². The summed E-state index contributed by atoms with van der Waals surface area (Å²) in [7, 11) is -0.569. The van der Waals surface area contributed by atoms with Gasteiger partial charge in [0.15, 0.2) is 19.8 Å². The highest BCUT2D eigenvalue weighted by Gasteiger charge is 2.47. The minimum absolute atomic E-state index is 0.257. The topological polar surface area (TPSA) is 27.1 Å². The molecular formula is C25H32BrFN2OSi. The van der Waals surface area contributed by atoms with Crippen LogP contribution < -0.4 is 4.74 Å². The maximum Gasteiger partial charge on any atom is 0.169 e. The molecule has 0 amide bonds. The molecule has 0 saturated heterocycles. The van der Waals surface area contributed by atoms with Crippen LogP contribution in [0.25, 0.3) is 22.4 Å². The molecule has 0 aliphatic heterocycles. The standard InChI is InChI=1S/C25H32BrFN2OSi/c1-16(2)31(17(3)4,18(5)6)29-15-21(26)24(19-10-12-28-13-11-19)25(29)20-8-9-22(27)23(14-20)30-7/h8-18H,1-7H3. The van der Waals surface area contributed by atoms with Gasteiger partial charge in [-0.3, -0.25) is 4.98 Å². The summed E-state index contributed by atoms with van der Waals surface area (Å²) in [6.07, 6.45) is 5.88. The molecule has 2 heterocycles. The van der Waals surface area contributed by atoms with Gasteiger partial charge in [0, 0.05) is 39.9 Å². The zero-order valence-corrected chi connectivity index (χ0v) is 22.0. The second kappa shape index (κ2) is 9.29. The molecule has 3 nitrogen and oxygen atoms in total. The summed E-state index contributed by atoms with van der Waals surface area (Å²) in [5.74, 6) is -0.0954. The maximum atomic E-state index is 14.3. The van der Waals surface area contributed by atoms with Gasteiger partial charge in [-0.15, -0.1) is 0 Å². The number of benzene rings is 1. The molecule has 31 heavy (non-hydrogen) atoms. The van der Waals surface area contributed by atoms with Gasteiger partial charge in [-0.1, -0.05) is 41.5 Å². The average molecular weight is 504 g/mol. The van der Waals surface area contributed by atoms with Crippen LogP contribution in [0, 0.1) is 5.82 Å². The van der Waals surface area contributed by atoms with Crippen LogP contribution in [-0.2, 0) is 0 Å². The van der Waals surface area contributed by atoms with Crippen molar-refractivity contribution in [2.45, 2.75) is 58.2 Å². The van der Waals surface area contributed by atoms with Crippen molar-refractivity contribution in [1.29, 1.82) is 0 Å². The average Bonchev–Trinajstić information content (AvgIpc) is 3.05. The van der Waals surface area contributed by atoms with Crippen LogP contribution in [0.1, 0.15) is 41.5 Å². The second-order valence-corrected chi connectivity index (χ2v) is 15.6. The Bertz CT molecular complexity index is 1030. The molecule has 0 N–H and O–H groups in total. The summed E-state index contributed by atoms with van der Waals surface area (Å²) in [5.41, 5.74) is 5.79. The van der Waals surface area contributed by atoms with Crippen LogP contribution in [0.4, 0.5) is 4.39 Å². The number of ether oxygens (including phenoxy) is 1. The first-order chi connectivity index (χ1) is 14.7. The van der Waals surface area contributed by atoms with E-state index in [4.69, 9.17) is 4.74 Å². The van der Waals surface area contributed by atoms with Crippen molar-refractivity contribution in [3.63, 3.8) is 0 Å². The second-order valence-electron chi connectivity index (χ2n) is 9.01. The Hall–Kier alpha value is -1.92. The number of hydrogen-bond donors (Lipinski definition) is 0. The lowest BCUT2D eigenvalue weighted by atomic mass is 10.0. The van der Waals surface area contributed by atoms with E-state index >= 15 is 0 Å². The van der Waals surface area contributed by atoms with Gasteiger partial charge in [-0.25, -0.2) is 4.39 Å². The van der Waals surface area contributed by atoms with E-state index in [2.05, 4.69) is 72.9 Å². The van der Waals surface area contributed by atoms with E-state index in [1.807, 2.05) is 36.7 Å². The number of rotatable bonds is 7. The Morgan fingerprint density at radius 1 is 0.935 bits per heavy atom. The number of aromatic nitrogens is 2. The Labute approximate surface area is 194 Å². The number of halogens is 2. The largest absolute Gasteiger partial charge is 0.494 e. The molecule has 0 radical (unpaired) electrons. The van der Waals surface area contributed by atoms with Gasteiger partial charge in [0.05, 0.1) is 7.11 Å². The van der Waals surface area contributed by atoms with Crippen molar-refractivity contribution in [1.82, 2.24) is 9.22 Å². The smallest absolute Gasteiger partial charge is 0.169 e. The molecule has 2 aromatic heterocycles. The molecule has 0 bridgehead atoms. The third-order valence-electron chi connectivity index (χ3n) is 6.54. The van der Waals surface area contributed by atoms with E-state index < -0.39 is 8.24 Å². The van der Waals surface area contributed by atoms with Crippen molar-refractivity contribution in [2.24, 2.45) is 0 Å². The molecule has 0 spiro atoms. The van der Waals surface area contributed by atoms with Gasteiger partial charge in [0.2, 0.25) is 0 Å². The van der Waals surface area contributed by atoms with E-state index in [9.17, 15) is 4.39 Å². The Morgan fingerprint density at radius 3 is 2.03 bits per heavy atom. The van der Waals surface area contributed by atoms with E-state index in [0.29, 0.717) is 16.6 Å². The summed E-state index contributed by atoms with van der Waals surface area (Å²) in [4.78, 5) is 4.20. The molecule has 0 saturated carbocycles. The first kappa shape index (κ1) is 23.7. The lowest BCUT2D eigenvalue weighted by Gasteiger charge is -2.45. The normalized spacial score (nSPS) is 12.3. The van der Waals surface area contributed by atoms with Gasteiger partial charge in [-0.05, 0) is 68.4 Å². The van der Waals surface area contributed by atoms with Crippen LogP contribution in [0.2, 0.25) is 16.6 Å². The first-order valence-corrected chi connectivity index (χ1v) is 13.8. The molecule has 0 aliphatic carbocycles. The number of methoxy groups -OCH3 is 1. The minimum atomic E-state index is -2.08. The molecule has 0 aliphatic rings. The first-order valence-electron chi connectivity index (χ1n) is 10.8. The fourth-order valence-electron chi connectivity index (χ4n) is 5.50. The van der Waals surface area contributed by atoms with Crippen LogP contribution in [-0.4, -0.2) is 24.6 Å². The Kier molecular flexibility index (Phi) is 7.11. The summed E-state index contributed by atoms with van der Waals surface area (Å²) < 4.78 is 23.2. The highest BCUT2D eigenvalue weighted by atomic mass is 79.9. The minimum Gasteiger partial charge on any atom is -0.494 e. The highest BCUT2D eigenvalue weighted by Crippen LogP contribution is 2.49. The molecule has 166 valence electrons. The molecule has 0 atom stereocenters. The summed E-state index contributed by atoms with van der Waals surface area (Å²) in [6.45, 7) is 14.1. The maximum absolute atomic E-state index is 14.3. The molecule has 3 aromatic rings. The molecule has 1 aromatic carbocycles. The lowest BCUT2D eigenvalue weighted by Crippen LogP contribution is -2.52. The van der Waals surface area contributed by atoms with E-state index in [1.165, 1.54) is 13.2 Å². The van der Waals surface area contributed by atoms with Gasteiger partial charge >= 0.3 is 0 Å². The molecule has 6 heteroatoms. The Balaban J connectivity index is 2.47. The van der Waals surface area contributed by atoms with Gasteiger partial charge < -0.3 is 8.97 Å². The number of pyridine rings is 1. The summed E-state index contributed by atoms with van der Waals surface area (Å²) in [6, 6.07) is 9.23. The fourth-order valence-corrected chi connectivity index (χ4v) is 13.0. The zero-order valence-electron chi connectivity index (χ0n) is 19.4. The summed E-state index contributed by atoms with van der Waals surface area (Å²) >= 11 is 3.87. The van der Waals surface area contributed by atoms with Gasteiger partial charge in [0.25, 0.3) is 0 Å². The third kappa shape index (κ3) is 4.00. The highest BCUT2D eigenvalue weighted by molar-refractivity contribution is 9.10. The SMILES string of the molecule is COc1cc(-c2c(-c3ccncc3)c(Br)cn2[Si](C(C)C)(C(C)C)C(C)C)ccc1F. The van der Waals surface area contributed by atoms with Crippen molar-refractivity contribution >= 4 is 24.2 Å². The van der Waals surface area contributed by atoms with Gasteiger partial charge in [-0.2, -0.15) is 0 Å². The van der Waals surface area contributed by atoms with Crippen molar-refractivity contribution in [2.75, 3.05) is 7.11 Å². The van der Waals surface area contributed by atoms with Gasteiger partial charge in [0.1, 0.15) is 0 Å². The lowest BCUT2D eigenvalue weighted by molar-refractivity contribution is 0.387. The fraction of sp³-hybridized carbons (Fsp3) is 0.400.